The van der Waals surface area contributed by atoms with Crippen molar-refractivity contribution >= 4 is 0 Å². The lowest BCUT2D eigenvalue weighted by molar-refractivity contribution is 0.530. The topological polar surface area (TPSA) is 53.6 Å². The van der Waals surface area contributed by atoms with E-state index in [0.29, 0.717) is 30.1 Å². The fourth-order valence-corrected chi connectivity index (χ4v) is 2.07. The van der Waals surface area contributed by atoms with E-state index in [9.17, 15) is 4.39 Å². The molecule has 1 aromatic heterocycles. The van der Waals surface area contributed by atoms with Crippen molar-refractivity contribution in [2.24, 2.45) is 5.92 Å². The van der Waals surface area contributed by atoms with Crippen LogP contribution in [-0.2, 0) is 13.1 Å². The number of nitriles is 1. The molecule has 0 aliphatic rings. The molecule has 0 unspecified atom stereocenters. The van der Waals surface area contributed by atoms with E-state index in [4.69, 9.17) is 5.26 Å². The van der Waals surface area contributed by atoms with Crippen molar-refractivity contribution in [3.8, 4) is 6.07 Å². The van der Waals surface area contributed by atoms with Crippen LogP contribution in [0.3, 0.4) is 0 Å². The van der Waals surface area contributed by atoms with Gasteiger partial charge in [-0.25, -0.2) is 9.37 Å². The summed E-state index contributed by atoms with van der Waals surface area (Å²) in [4.78, 5) is 4.29. The first-order valence-corrected chi connectivity index (χ1v) is 6.99. The Morgan fingerprint density at radius 3 is 2.95 bits per heavy atom. The van der Waals surface area contributed by atoms with Gasteiger partial charge >= 0.3 is 0 Å². The van der Waals surface area contributed by atoms with Gasteiger partial charge in [0.2, 0.25) is 0 Å². The molecular formula is C16H19FN4. The molecular weight excluding hydrogens is 267 g/mol. The molecule has 110 valence electrons. The van der Waals surface area contributed by atoms with E-state index in [1.54, 1.807) is 12.3 Å². The Kier molecular flexibility index (Phi) is 5.07. The number of benzene rings is 1. The molecule has 0 radical (unpaired) electrons. The summed E-state index contributed by atoms with van der Waals surface area (Å²) in [5.74, 6) is 1.12. The van der Waals surface area contributed by atoms with Gasteiger partial charge in [-0.1, -0.05) is 13.8 Å². The van der Waals surface area contributed by atoms with Gasteiger partial charge in [-0.15, -0.1) is 0 Å². The summed E-state index contributed by atoms with van der Waals surface area (Å²) in [5.41, 5.74) is 0.961. The van der Waals surface area contributed by atoms with Gasteiger partial charge in [0.15, 0.2) is 0 Å². The predicted octanol–water partition coefficient (Wildman–Crippen LogP) is 2.69. The summed E-state index contributed by atoms with van der Waals surface area (Å²) in [5, 5.41) is 12.2. The highest BCUT2D eigenvalue weighted by Gasteiger charge is 2.08. The molecule has 21 heavy (non-hydrogen) atoms. The summed E-state index contributed by atoms with van der Waals surface area (Å²) in [6.07, 6.45) is 3.53. The minimum absolute atomic E-state index is 0.302. The molecule has 0 spiro atoms. The molecule has 0 fully saturated rings. The van der Waals surface area contributed by atoms with E-state index in [1.165, 1.54) is 12.1 Å². The van der Waals surface area contributed by atoms with Crippen LogP contribution < -0.4 is 5.32 Å². The van der Waals surface area contributed by atoms with Crippen LogP contribution in [-0.4, -0.2) is 16.1 Å². The Labute approximate surface area is 124 Å². The summed E-state index contributed by atoms with van der Waals surface area (Å²) in [6.45, 7) is 6.21. The van der Waals surface area contributed by atoms with Crippen LogP contribution in [0.4, 0.5) is 4.39 Å². The molecule has 2 aromatic rings. The number of hydrogen-bond donors (Lipinski definition) is 1. The molecule has 0 atom stereocenters. The van der Waals surface area contributed by atoms with Crippen molar-refractivity contribution in [1.82, 2.24) is 14.9 Å². The van der Waals surface area contributed by atoms with Gasteiger partial charge in [-0.2, -0.15) is 5.26 Å². The van der Waals surface area contributed by atoms with E-state index < -0.39 is 0 Å². The molecule has 0 amide bonds. The molecule has 0 aliphatic heterocycles. The SMILES string of the molecule is CC(C)CNCc1nccn1Cc1cc(C#N)ccc1F. The van der Waals surface area contributed by atoms with Crippen molar-refractivity contribution in [2.45, 2.75) is 26.9 Å². The van der Waals surface area contributed by atoms with Crippen molar-refractivity contribution in [3.63, 3.8) is 0 Å². The quantitative estimate of drug-likeness (QED) is 0.888. The summed E-state index contributed by atoms with van der Waals surface area (Å²) in [7, 11) is 0. The third-order valence-corrected chi connectivity index (χ3v) is 3.15. The third-order valence-electron chi connectivity index (χ3n) is 3.15. The summed E-state index contributed by atoms with van der Waals surface area (Å²) >= 11 is 0. The Morgan fingerprint density at radius 1 is 1.43 bits per heavy atom. The van der Waals surface area contributed by atoms with Crippen LogP contribution in [0.25, 0.3) is 0 Å². The standard InChI is InChI=1S/C16H19FN4/c1-12(2)9-19-10-16-20-5-6-21(16)11-14-7-13(8-18)3-4-15(14)17/h3-7,12,19H,9-11H2,1-2H3. The first-order valence-electron chi connectivity index (χ1n) is 6.99. The van der Waals surface area contributed by atoms with Crippen molar-refractivity contribution in [3.05, 3.63) is 53.4 Å². The number of hydrogen-bond acceptors (Lipinski definition) is 3. The van der Waals surface area contributed by atoms with E-state index >= 15 is 0 Å². The predicted molar refractivity (Wildman–Crippen MR) is 79.0 cm³/mol. The van der Waals surface area contributed by atoms with Crippen molar-refractivity contribution < 1.29 is 4.39 Å². The molecule has 0 bridgehead atoms. The number of halogens is 1. The minimum atomic E-state index is -0.302. The molecule has 0 saturated heterocycles. The molecule has 1 heterocycles. The Hall–Kier alpha value is -2.19. The molecule has 1 aromatic carbocycles. The second-order valence-electron chi connectivity index (χ2n) is 5.41. The molecule has 0 saturated carbocycles. The molecule has 5 heteroatoms. The molecule has 2 rings (SSSR count). The van der Waals surface area contributed by atoms with Gasteiger partial charge in [-0.05, 0) is 30.7 Å². The van der Waals surface area contributed by atoms with Gasteiger partial charge in [0.25, 0.3) is 0 Å². The third kappa shape index (κ3) is 4.14. The number of nitrogens with zero attached hydrogens (tertiary/aromatic N) is 3. The van der Waals surface area contributed by atoms with Gasteiger partial charge in [-0.3, -0.25) is 0 Å². The van der Waals surface area contributed by atoms with Crippen LogP contribution in [0.2, 0.25) is 0 Å². The zero-order valence-corrected chi connectivity index (χ0v) is 12.3. The highest BCUT2D eigenvalue weighted by molar-refractivity contribution is 5.34. The summed E-state index contributed by atoms with van der Waals surface area (Å²) < 4.78 is 15.7. The number of nitrogens with one attached hydrogen (secondary N) is 1. The second kappa shape index (κ2) is 7.00. The van der Waals surface area contributed by atoms with Gasteiger partial charge in [0.1, 0.15) is 11.6 Å². The highest BCUT2D eigenvalue weighted by Crippen LogP contribution is 2.13. The normalized spacial score (nSPS) is 10.8. The average Bonchev–Trinajstić information content (AvgIpc) is 2.88. The molecule has 4 nitrogen and oxygen atoms in total. The Morgan fingerprint density at radius 2 is 2.24 bits per heavy atom. The zero-order valence-electron chi connectivity index (χ0n) is 12.3. The lowest BCUT2D eigenvalue weighted by Gasteiger charge is -2.11. The second-order valence-corrected chi connectivity index (χ2v) is 5.41. The van der Waals surface area contributed by atoms with Crippen molar-refractivity contribution in [2.75, 3.05) is 6.54 Å². The fraction of sp³-hybridized carbons (Fsp3) is 0.375. The smallest absolute Gasteiger partial charge is 0.128 e. The average molecular weight is 286 g/mol. The van der Waals surface area contributed by atoms with E-state index in [-0.39, 0.29) is 5.82 Å². The van der Waals surface area contributed by atoms with Crippen LogP contribution in [0.15, 0.2) is 30.6 Å². The van der Waals surface area contributed by atoms with Crippen LogP contribution >= 0.6 is 0 Å². The summed E-state index contributed by atoms with van der Waals surface area (Å²) in [6, 6.07) is 6.43. The number of aromatic nitrogens is 2. The monoisotopic (exact) mass is 286 g/mol. The molecule has 1 N–H and O–H groups in total. The maximum Gasteiger partial charge on any atom is 0.128 e. The maximum absolute atomic E-state index is 13.8. The van der Waals surface area contributed by atoms with E-state index in [1.807, 2.05) is 16.8 Å². The maximum atomic E-state index is 13.8. The molecule has 0 aliphatic carbocycles. The number of rotatable bonds is 6. The zero-order chi connectivity index (χ0) is 15.2. The number of imidazole rings is 1. The van der Waals surface area contributed by atoms with Crippen LogP contribution in [0, 0.1) is 23.1 Å². The minimum Gasteiger partial charge on any atom is -0.329 e. The van der Waals surface area contributed by atoms with Gasteiger partial charge in [0, 0.05) is 18.0 Å². The Balaban J connectivity index is 2.10. The fourth-order valence-electron chi connectivity index (χ4n) is 2.07. The van der Waals surface area contributed by atoms with Crippen molar-refractivity contribution in [1.29, 1.82) is 5.26 Å². The lowest BCUT2D eigenvalue weighted by Crippen LogP contribution is -2.21. The van der Waals surface area contributed by atoms with Gasteiger partial charge in [0.05, 0.1) is 24.7 Å². The van der Waals surface area contributed by atoms with Crippen LogP contribution in [0.1, 0.15) is 30.8 Å². The first kappa shape index (κ1) is 15.2. The van der Waals surface area contributed by atoms with Gasteiger partial charge < -0.3 is 9.88 Å². The van der Waals surface area contributed by atoms with E-state index in [2.05, 4.69) is 24.1 Å². The highest BCUT2D eigenvalue weighted by atomic mass is 19.1. The largest absolute Gasteiger partial charge is 0.329 e. The lowest BCUT2D eigenvalue weighted by atomic mass is 10.1. The van der Waals surface area contributed by atoms with Crippen LogP contribution in [0.5, 0.6) is 0 Å². The van der Waals surface area contributed by atoms with E-state index in [0.717, 1.165) is 12.4 Å². The Bertz CT molecular complexity index is 640. The first-order chi connectivity index (χ1) is 10.1.